The van der Waals surface area contributed by atoms with Crippen LogP contribution in [0.4, 0.5) is 0 Å². The van der Waals surface area contributed by atoms with Gasteiger partial charge in [-0.1, -0.05) is 6.07 Å². The molecule has 2 N–H and O–H groups in total. The summed E-state index contributed by atoms with van der Waals surface area (Å²) >= 11 is 0. The van der Waals surface area contributed by atoms with E-state index in [9.17, 15) is 13.2 Å². The van der Waals surface area contributed by atoms with E-state index in [0.717, 1.165) is 24.8 Å². The average molecular weight is 297 g/mol. The summed E-state index contributed by atoms with van der Waals surface area (Å²) in [5.41, 5.74) is 2.36. The molecule has 0 aliphatic heterocycles. The van der Waals surface area contributed by atoms with Gasteiger partial charge in [0.25, 0.3) is 0 Å². The first-order chi connectivity index (χ1) is 9.49. The van der Waals surface area contributed by atoms with Crippen LogP contribution in [0.1, 0.15) is 36.8 Å². The van der Waals surface area contributed by atoms with E-state index in [1.807, 2.05) is 6.07 Å². The molecule has 110 valence electrons. The summed E-state index contributed by atoms with van der Waals surface area (Å²) in [4.78, 5) is 10.7. The summed E-state index contributed by atoms with van der Waals surface area (Å²) in [5.74, 6) is -0.855. The highest BCUT2D eigenvalue weighted by Gasteiger charge is 2.17. The summed E-state index contributed by atoms with van der Waals surface area (Å²) in [6.45, 7) is 0.271. The number of aliphatic carboxylic acids is 1. The summed E-state index contributed by atoms with van der Waals surface area (Å²) in [7, 11) is -3.48. The SMILES string of the molecule is O=C(O)CCCCNS(=O)(=O)c1ccc2c(c1)CCC2. The molecule has 6 heteroatoms. The molecular formula is C14H19NO4S. The first-order valence-corrected chi connectivity index (χ1v) is 8.30. The van der Waals surface area contributed by atoms with Gasteiger partial charge in [0.2, 0.25) is 10.0 Å². The van der Waals surface area contributed by atoms with Crippen LogP contribution in [0.2, 0.25) is 0 Å². The number of hydrogen-bond donors (Lipinski definition) is 2. The van der Waals surface area contributed by atoms with Crippen molar-refractivity contribution in [1.82, 2.24) is 4.72 Å². The van der Waals surface area contributed by atoms with E-state index >= 15 is 0 Å². The van der Waals surface area contributed by atoms with Crippen molar-refractivity contribution in [2.24, 2.45) is 0 Å². The van der Waals surface area contributed by atoms with E-state index in [2.05, 4.69) is 4.72 Å². The van der Waals surface area contributed by atoms with Crippen LogP contribution < -0.4 is 4.72 Å². The maximum atomic E-state index is 12.1. The molecule has 20 heavy (non-hydrogen) atoms. The minimum absolute atomic E-state index is 0.0700. The van der Waals surface area contributed by atoms with Gasteiger partial charge in [-0.05, 0) is 55.4 Å². The van der Waals surface area contributed by atoms with E-state index in [-0.39, 0.29) is 13.0 Å². The van der Waals surface area contributed by atoms with Crippen LogP contribution in [0.5, 0.6) is 0 Å². The van der Waals surface area contributed by atoms with Gasteiger partial charge < -0.3 is 5.11 Å². The smallest absolute Gasteiger partial charge is 0.303 e. The van der Waals surface area contributed by atoms with Crippen LogP contribution in [-0.4, -0.2) is 26.0 Å². The van der Waals surface area contributed by atoms with Crippen LogP contribution in [0.25, 0.3) is 0 Å². The van der Waals surface area contributed by atoms with Gasteiger partial charge in [-0.3, -0.25) is 4.79 Å². The number of carboxylic acid groups (broad SMARTS) is 1. The lowest BCUT2D eigenvalue weighted by molar-refractivity contribution is -0.137. The Morgan fingerprint density at radius 1 is 1.20 bits per heavy atom. The lowest BCUT2D eigenvalue weighted by Crippen LogP contribution is -2.25. The van der Waals surface area contributed by atoms with Crippen LogP contribution in [-0.2, 0) is 27.7 Å². The van der Waals surface area contributed by atoms with Crippen molar-refractivity contribution in [1.29, 1.82) is 0 Å². The van der Waals surface area contributed by atoms with Gasteiger partial charge in [0.1, 0.15) is 0 Å². The second-order valence-electron chi connectivity index (χ2n) is 5.03. The Bertz CT molecular complexity index is 595. The van der Waals surface area contributed by atoms with Crippen molar-refractivity contribution >= 4 is 16.0 Å². The Morgan fingerprint density at radius 3 is 2.70 bits per heavy atom. The number of benzene rings is 1. The molecule has 1 aliphatic rings. The second-order valence-corrected chi connectivity index (χ2v) is 6.80. The number of carboxylic acids is 1. The molecule has 0 fully saturated rings. The van der Waals surface area contributed by atoms with Crippen LogP contribution >= 0.6 is 0 Å². The molecule has 0 saturated carbocycles. The molecule has 5 nitrogen and oxygen atoms in total. The zero-order valence-electron chi connectivity index (χ0n) is 11.3. The van der Waals surface area contributed by atoms with E-state index < -0.39 is 16.0 Å². The van der Waals surface area contributed by atoms with Crippen LogP contribution in [0, 0.1) is 0 Å². The maximum Gasteiger partial charge on any atom is 0.303 e. The number of carbonyl (C=O) groups is 1. The lowest BCUT2D eigenvalue weighted by Gasteiger charge is -2.08. The highest BCUT2D eigenvalue weighted by Crippen LogP contribution is 2.24. The predicted molar refractivity (Wildman–Crippen MR) is 75.1 cm³/mol. The zero-order chi connectivity index (χ0) is 14.6. The van der Waals surface area contributed by atoms with Gasteiger partial charge in [0.15, 0.2) is 0 Å². The third-order valence-electron chi connectivity index (χ3n) is 3.49. The van der Waals surface area contributed by atoms with Crippen molar-refractivity contribution in [3.8, 4) is 0 Å². The summed E-state index contributed by atoms with van der Waals surface area (Å²) < 4.78 is 26.7. The Morgan fingerprint density at radius 2 is 1.95 bits per heavy atom. The molecule has 1 aliphatic carbocycles. The highest BCUT2D eigenvalue weighted by atomic mass is 32.2. The van der Waals surface area contributed by atoms with Crippen molar-refractivity contribution < 1.29 is 18.3 Å². The molecule has 0 aromatic heterocycles. The fraction of sp³-hybridized carbons (Fsp3) is 0.500. The molecule has 0 atom stereocenters. The zero-order valence-corrected chi connectivity index (χ0v) is 12.1. The van der Waals surface area contributed by atoms with Crippen molar-refractivity contribution in [3.05, 3.63) is 29.3 Å². The van der Waals surface area contributed by atoms with Crippen molar-refractivity contribution in [3.63, 3.8) is 0 Å². The number of aryl methyl sites for hydroxylation is 2. The largest absolute Gasteiger partial charge is 0.481 e. The fourth-order valence-corrected chi connectivity index (χ4v) is 3.53. The lowest BCUT2D eigenvalue weighted by atomic mass is 10.1. The van der Waals surface area contributed by atoms with E-state index in [4.69, 9.17) is 5.11 Å². The first-order valence-electron chi connectivity index (χ1n) is 6.82. The molecule has 0 spiro atoms. The topological polar surface area (TPSA) is 83.5 Å². The molecule has 1 aromatic carbocycles. The van der Waals surface area contributed by atoms with E-state index in [0.29, 0.717) is 17.7 Å². The average Bonchev–Trinajstić information content (AvgIpc) is 2.85. The third-order valence-corrected chi connectivity index (χ3v) is 4.95. The summed E-state index contributed by atoms with van der Waals surface area (Å²) in [5, 5.41) is 8.50. The molecule has 0 bridgehead atoms. The minimum Gasteiger partial charge on any atom is -0.481 e. The molecule has 0 saturated heterocycles. The maximum absolute atomic E-state index is 12.1. The molecular weight excluding hydrogens is 278 g/mol. The Balaban J connectivity index is 1.91. The molecule has 0 amide bonds. The van der Waals surface area contributed by atoms with Crippen LogP contribution in [0.3, 0.4) is 0 Å². The number of nitrogens with one attached hydrogen (secondary N) is 1. The number of hydrogen-bond acceptors (Lipinski definition) is 3. The molecule has 0 radical (unpaired) electrons. The third kappa shape index (κ3) is 3.80. The van der Waals surface area contributed by atoms with E-state index in [1.54, 1.807) is 12.1 Å². The molecule has 0 unspecified atom stereocenters. The number of unbranched alkanes of at least 4 members (excludes halogenated alkanes) is 1. The number of fused-ring (bicyclic) bond motifs is 1. The van der Waals surface area contributed by atoms with Gasteiger partial charge in [-0.25, -0.2) is 13.1 Å². The number of rotatable bonds is 7. The summed E-state index contributed by atoms with van der Waals surface area (Å²) in [6.07, 6.45) is 4.12. The highest BCUT2D eigenvalue weighted by molar-refractivity contribution is 7.89. The standard InChI is InChI=1S/C14H19NO4S/c16-14(17)6-1-2-9-15-20(18,19)13-8-7-11-4-3-5-12(11)10-13/h7-8,10,15H,1-6,9H2,(H,16,17). The van der Waals surface area contributed by atoms with Gasteiger partial charge in [-0.2, -0.15) is 0 Å². The Labute approximate surface area is 119 Å². The number of sulfonamides is 1. The van der Waals surface area contributed by atoms with Gasteiger partial charge in [0, 0.05) is 13.0 Å². The Hall–Kier alpha value is -1.40. The minimum atomic E-state index is -3.48. The van der Waals surface area contributed by atoms with Crippen molar-refractivity contribution in [2.45, 2.75) is 43.4 Å². The quantitative estimate of drug-likeness (QED) is 0.750. The van der Waals surface area contributed by atoms with E-state index in [1.165, 1.54) is 5.56 Å². The first kappa shape index (κ1) is 15.0. The fourth-order valence-electron chi connectivity index (χ4n) is 2.41. The second kappa shape index (κ2) is 6.37. The monoisotopic (exact) mass is 297 g/mol. The molecule has 1 aromatic rings. The summed E-state index contributed by atoms with van der Waals surface area (Å²) in [6, 6.07) is 5.28. The van der Waals surface area contributed by atoms with Crippen LogP contribution in [0.15, 0.2) is 23.1 Å². The Kier molecular flexibility index (Phi) is 4.77. The van der Waals surface area contributed by atoms with Gasteiger partial charge in [-0.15, -0.1) is 0 Å². The normalized spacial score (nSPS) is 14.2. The molecule has 0 heterocycles. The van der Waals surface area contributed by atoms with Gasteiger partial charge in [0.05, 0.1) is 4.90 Å². The van der Waals surface area contributed by atoms with Gasteiger partial charge >= 0.3 is 5.97 Å². The molecule has 2 rings (SSSR count). The van der Waals surface area contributed by atoms with Crippen molar-refractivity contribution in [2.75, 3.05) is 6.54 Å². The predicted octanol–water partition coefficient (Wildman–Crippen LogP) is 1.71.